The largest absolute Gasteiger partial charge is 0.493 e. The zero-order valence-corrected chi connectivity index (χ0v) is 27.2. The molecule has 47 heavy (non-hydrogen) atoms. The molecule has 0 unspecified atom stereocenters. The van der Waals surface area contributed by atoms with Crippen LogP contribution in [0.3, 0.4) is 0 Å². The van der Waals surface area contributed by atoms with Crippen LogP contribution in [0.5, 0.6) is 5.75 Å². The van der Waals surface area contributed by atoms with Crippen LogP contribution >= 0.6 is 0 Å². The van der Waals surface area contributed by atoms with Gasteiger partial charge in [0, 0.05) is 48.2 Å². The molecule has 6 rings (SSSR count). The van der Waals surface area contributed by atoms with Gasteiger partial charge in [0.1, 0.15) is 5.75 Å². The van der Waals surface area contributed by atoms with Gasteiger partial charge < -0.3 is 20.5 Å². The highest BCUT2D eigenvalue weighted by molar-refractivity contribution is 5.88. The van der Waals surface area contributed by atoms with E-state index in [9.17, 15) is 18.3 Å². The molecule has 4 aromatic rings. The van der Waals surface area contributed by atoms with Crippen molar-refractivity contribution in [2.24, 2.45) is 5.92 Å². The fourth-order valence-electron chi connectivity index (χ4n) is 6.65. The number of nitrogens with one attached hydrogen (secondary N) is 2. The van der Waals surface area contributed by atoms with Gasteiger partial charge in [0.25, 0.3) is 0 Å². The first kappa shape index (κ1) is 33.4. The predicted molar refractivity (Wildman–Crippen MR) is 180 cm³/mol. The van der Waals surface area contributed by atoms with Crippen LogP contribution in [0.4, 0.5) is 13.2 Å². The number of nitrogens with zero attached hydrogens (tertiary/aromatic N) is 2. The fraction of sp³-hybridized carbons (Fsp3) is 0.447. The van der Waals surface area contributed by atoms with Gasteiger partial charge in [-0.15, -0.1) is 0 Å². The maximum atomic E-state index is 14.0. The second-order valence-electron chi connectivity index (χ2n) is 13.4. The SMILES string of the molecule is CC(C)COc1ccc2c(CNC3(c4ccccc4)CC3)c(CN3CCC(NCCO)CC3)c(-c3cccc(C(F)(F)F)c3)nc2c1. The van der Waals surface area contributed by atoms with Gasteiger partial charge in [-0.1, -0.05) is 56.3 Å². The van der Waals surface area contributed by atoms with E-state index < -0.39 is 11.7 Å². The van der Waals surface area contributed by atoms with Crippen LogP contribution in [-0.4, -0.2) is 53.9 Å². The van der Waals surface area contributed by atoms with Gasteiger partial charge in [-0.05, 0) is 85.6 Å². The van der Waals surface area contributed by atoms with Gasteiger partial charge in [-0.3, -0.25) is 4.90 Å². The average Bonchev–Trinajstić information content (AvgIpc) is 3.87. The molecule has 3 N–H and O–H groups in total. The lowest BCUT2D eigenvalue weighted by molar-refractivity contribution is -0.137. The van der Waals surface area contributed by atoms with E-state index in [4.69, 9.17) is 9.72 Å². The van der Waals surface area contributed by atoms with E-state index in [1.54, 1.807) is 6.07 Å². The number of rotatable bonds is 13. The van der Waals surface area contributed by atoms with E-state index in [2.05, 4.69) is 59.7 Å². The molecule has 1 aromatic heterocycles. The van der Waals surface area contributed by atoms with Crippen molar-refractivity contribution in [2.75, 3.05) is 32.8 Å². The summed E-state index contributed by atoms with van der Waals surface area (Å²) in [6, 6.07) is 22.3. The maximum absolute atomic E-state index is 14.0. The van der Waals surface area contributed by atoms with Gasteiger partial charge in [0.05, 0.1) is 30.0 Å². The molecule has 0 radical (unpaired) electrons. The van der Waals surface area contributed by atoms with E-state index in [0.29, 0.717) is 60.7 Å². The topological polar surface area (TPSA) is 69.7 Å². The van der Waals surface area contributed by atoms with Gasteiger partial charge in [-0.25, -0.2) is 4.98 Å². The molecule has 9 heteroatoms. The van der Waals surface area contributed by atoms with Gasteiger partial charge in [0.2, 0.25) is 0 Å². The van der Waals surface area contributed by atoms with Crippen molar-refractivity contribution in [3.05, 3.63) is 95.1 Å². The second kappa shape index (κ2) is 14.3. The van der Waals surface area contributed by atoms with Crippen LogP contribution in [0.1, 0.15) is 61.8 Å². The summed E-state index contributed by atoms with van der Waals surface area (Å²) in [5.41, 5.74) is 4.18. The first-order valence-corrected chi connectivity index (χ1v) is 16.8. The van der Waals surface area contributed by atoms with Crippen molar-refractivity contribution in [1.82, 2.24) is 20.5 Å². The third-order valence-electron chi connectivity index (χ3n) is 9.42. The van der Waals surface area contributed by atoms with Gasteiger partial charge in [0.15, 0.2) is 0 Å². The minimum absolute atomic E-state index is 0.106. The van der Waals surface area contributed by atoms with Crippen molar-refractivity contribution in [1.29, 1.82) is 0 Å². The fourth-order valence-corrected chi connectivity index (χ4v) is 6.65. The highest BCUT2D eigenvalue weighted by Gasteiger charge is 2.44. The molecule has 0 bridgehead atoms. The summed E-state index contributed by atoms with van der Waals surface area (Å²) in [4.78, 5) is 7.49. The van der Waals surface area contributed by atoms with Crippen molar-refractivity contribution in [2.45, 2.75) is 70.4 Å². The molecule has 1 aliphatic carbocycles. The number of aromatic nitrogens is 1. The normalized spacial score (nSPS) is 17.0. The van der Waals surface area contributed by atoms with Crippen LogP contribution in [0.2, 0.25) is 0 Å². The molecule has 1 aliphatic heterocycles. The first-order chi connectivity index (χ1) is 22.6. The summed E-state index contributed by atoms with van der Waals surface area (Å²) in [5, 5.41) is 17.5. The molecule has 2 heterocycles. The lowest BCUT2D eigenvalue weighted by Crippen LogP contribution is -2.43. The Bertz CT molecular complexity index is 1650. The van der Waals surface area contributed by atoms with E-state index in [0.717, 1.165) is 61.4 Å². The Morgan fingerprint density at radius 3 is 2.43 bits per heavy atom. The van der Waals surface area contributed by atoms with E-state index in [-0.39, 0.29) is 12.1 Å². The number of benzene rings is 3. The summed E-state index contributed by atoms with van der Waals surface area (Å²) in [7, 11) is 0. The lowest BCUT2D eigenvalue weighted by Gasteiger charge is -2.33. The molecule has 250 valence electrons. The Labute approximate surface area is 275 Å². The number of aliphatic hydroxyl groups excluding tert-OH is 1. The Morgan fingerprint density at radius 1 is 0.979 bits per heavy atom. The average molecular weight is 647 g/mol. The highest BCUT2D eigenvalue weighted by atomic mass is 19.4. The summed E-state index contributed by atoms with van der Waals surface area (Å²) in [5.74, 6) is 1.04. The molecule has 1 saturated carbocycles. The second-order valence-corrected chi connectivity index (χ2v) is 13.4. The van der Waals surface area contributed by atoms with E-state index >= 15 is 0 Å². The molecule has 0 amide bonds. The monoisotopic (exact) mass is 646 g/mol. The van der Waals surface area contributed by atoms with Crippen molar-refractivity contribution in [3.63, 3.8) is 0 Å². The van der Waals surface area contributed by atoms with Crippen molar-refractivity contribution in [3.8, 4) is 17.0 Å². The molecule has 1 saturated heterocycles. The summed E-state index contributed by atoms with van der Waals surface area (Å²) in [6.07, 6.45) is -0.552. The zero-order valence-electron chi connectivity index (χ0n) is 27.2. The number of fused-ring (bicyclic) bond motifs is 1. The number of aliphatic hydroxyl groups is 1. The van der Waals surface area contributed by atoms with E-state index in [1.165, 1.54) is 17.7 Å². The van der Waals surface area contributed by atoms with Gasteiger partial charge in [-0.2, -0.15) is 13.2 Å². The Kier molecular flexibility index (Phi) is 10.2. The molecule has 0 spiro atoms. The summed E-state index contributed by atoms with van der Waals surface area (Å²) < 4.78 is 47.9. The van der Waals surface area contributed by atoms with Crippen LogP contribution in [0, 0.1) is 5.92 Å². The first-order valence-electron chi connectivity index (χ1n) is 16.8. The minimum atomic E-state index is -4.47. The molecule has 2 fully saturated rings. The molecule has 0 atom stereocenters. The third-order valence-corrected chi connectivity index (χ3v) is 9.42. The summed E-state index contributed by atoms with van der Waals surface area (Å²) >= 11 is 0. The summed E-state index contributed by atoms with van der Waals surface area (Å²) in [6.45, 7) is 8.21. The number of ether oxygens (including phenoxy) is 1. The number of hydrogen-bond donors (Lipinski definition) is 3. The third kappa shape index (κ3) is 7.97. The van der Waals surface area contributed by atoms with Gasteiger partial charge >= 0.3 is 6.18 Å². The van der Waals surface area contributed by atoms with Crippen molar-refractivity contribution >= 4 is 10.9 Å². The molecular weight excluding hydrogens is 601 g/mol. The molecule has 2 aliphatic rings. The Morgan fingerprint density at radius 2 is 1.74 bits per heavy atom. The standard InChI is InChI=1S/C38H45F3N4O2/c1-26(2)25-47-31-11-12-32-33(23-43-37(15-16-37)28-8-4-3-5-9-28)34(24-45-18-13-30(14-19-45)42-17-20-46)36(44-35(32)22-31)27-7-6-10-29(21-27)38(39,40)41/h3-12,21-22,26,30,42-43,46H,13-20,23-25H2,1-2H3. The van der Waals surface area contributed by atoms with Crippen LogP contribution < -0.4 is 15.4 Å². The van der Waals surface area contributed by atoms with Crippen LogP contribution in [-0.2, 0) is 24.8 Å². The predicted octanol–water partition coefficient (Wildman–Crippen LogP) is 7.28. The maximum Gasteiger partial charge on any atom is 0.416 e. The number of likely N-dealkylation sites (tertiary alicyclic amines) is 1. The number of hydrogen-bond acceptors (Lipinski definition) is 6. The molecule has 3 aromatic carbocycles. The number of pyridine rings is 1. The lowest BCUT2D eigenvalue weighted by atomic mass is 9.93. The molecule has 6 nitrogen and oxygen atoms in total. The molecular formula is C38H45F3N4O2. The number of halogens is 3. The van der Waals surface area contributed by atoms with E-state index in [1.807, 2.05) is 18.2 Å². The quantitative estimate of drug-likeness (QED) is 0.142. The van der Waals surface area contributed by atoms with Crippen LogP contribution in [0.25, 0.3) is 22.2 Å². The highest BCUT2D eigenvalue weighted by Crippen LogP contribution is 2.46. The zero-order chi connectivity index (χ0) is 33.0. The van der Waals surface area contributed by atoms with Crippen molar-refractivity contribution < 1.29 is 23.0 Å². The smallest absolute Gasteiger partial charge is 0.416 e. The Balaban J connectivity index is 1.44. The minimum Gasteiger partial charge on any atom is -0.493 e. The van der Waals surface area contributed by atoms with Crippen LogP contribution in [0.15, 0.2) is 72.8 Å². The Hall–Kier alpha value is -3.50. The number of alkyl halides is 3. The number of piperidine rings is 1.